The van der Waals surface area contributed by atoms with Crippen LogP contribution in [0.15, 0.2) is 16.9 Å². The van der Waals surface area contributed by atoms with E-state index in [-0.39, 0.29) is 42.1 Å². The number of nitrogens with one attached hydrogen (secondary N) is 3. The molecule has 0 saturated heterocycles. The third kappa shape index (κ3) is 7.99. The van der Waals surface area contributed by atoms with Crippen LogP contribution in [-0.4, -0.2) is 65.8 Å². The molecule has 11 heteroatoms. The first kappa shape index (κ1) is 26.5. The molecular weight excluding hydrogens is 469 g/mol. The molecule has 7 nitrogen and oxygen atoms in total. The van der Waals surface area contributed by atoms with Crippen molar-refractivity contribution in [3.05, 3.63) is 27.4 Å². The van der Waals surface area contributed by atoms with E-state index < -0.39 is 12.6 Å². The molecule has 1 aliphatic rings. The minimum atomic E-state index is -4.19. The van der Waals surface area contributed by atoms with Gasteiger partial charge in [0, 0.05) is 38.6 Å². The Balaban J connectivity index is 1.46. The van der Waals surface area contributed by atoms with Crippen molar-refractivity contribution in [2.45, 2.75) is 63.6 Å². The number of amides is 1. The standard InChI is InChI=1S/C23H33F3N4O3S/c24-23(25,26)10-13-27-12-9-19(32)30(17-4-2-1-3-5-17)15-14-28-11-8-16-6-7-18(31)20-21(16)34-22(33)29-20/h6-7,17,27-28,31H,1-5,8-15H2,(H,29,33). The Hall–Kier alpha value is -2.11. The number of carbonyl (C=O) groups excluding carboxylic acids is 1. The van der Waals surface area contributed by atoms with E-state index in [0.29, 0.717) is 31.6 Å². The van der Waals surface area contributed by atoms with Gasteiger partial charge in [-0.1, -0.05) is 36.7 Å². The number of thiazole rings is 1. The zero-order chi connectivity index (χ0) is 24.6. The molecule has 1 heterocycles. The molecule has 0 aliphatic heterocycles. The first-order valence-corrected chi connectivity index (χ1v) is 12.7. The number of carbonyl (C=O) groups is 1. The van der Waals surface area contributed by atoms with E-state index in [9.17, 15) is 27.9 Å². The number of phenols is 1. The summed E-state index contributed by atoms with van der Waals surface area (Å²) >= 11 is 1.08. The van der Waals surface area contributed by atoms with E-state index in [1.807, 2.05) is 11.0 Å². The Bertz CT molecular complexity index is 986. The lowest BCUT2D eigenvalue weighted by Gasteiger charge is -2.34. The number of aromatic amines is 1. The summed E-state index contributed by atoms with van der Waals surface area (Å²) in [6.45, 7) is 1.87. The average Bonchev–Trinajstić information content (AvgIpc) is 3.19. The van der Waals surface area contributed by atoms with E-state index >= 15 is 0 Å². The van der Waals surface area contributed by atoms with Gasteiger partial charge in [0.2, 0.25) is 5.91 Å². The number of hydrogen-bond acceptors (Lipinski definition) is 6. The summed E-state index contributed by atoms with van der Waals surface area (Å²) in [5.41, 5.74) is 1.43. The Labute approximate surface area is 200 Å². The Morgan fingerprint density at radius 2 is 1.85 bits per heavy atom. The van der Waals surface area contributed by atoms with Crippen LogP contribution in [0.5, 0.6) is 5.75 Å². The molecule has 0 bridgehead atoms. The van der Waals surface area contributed by atoms with Crippen LogP contribution in [0.1, 0.15) is 50.5 Å². The van der Waals surface area contributed by atoms with E-state index in [0.717, 1.165) is 47.3 Å². The van der Waals surface area contributed by atoms with Gasteiger partial charge in [-0.15, -0.1) is 0 Å². The maximum Gasteiger partial charge on any atom is 0.390 e. The fraction of sp³-hybridized carbons (Fsp3) is 0.652. The summed E-state index contributed by atoms with van der Waals surface area (Å²) < 4.78 is 37.6. The second-order valence-electron chi connectivity index (χ2n) is 8.71. The lowest BCUT2D eigenvalue weighted by Crippen LogP contribution is -2.45. The van der Waals surface area contributed by atoms with Crippen LogP contribution >= 0.6 is 11.3 Å². The second kappa shape index (κ2) is 12.6. The number of halogens is 3. The van der Waals surface area contributed by atoms with E-state index in [4.69, 9.17) is 0 Å². The van der Waals surface area contributed by atoms with Crippen LogP contribution in [-0.2, 0) is 11.2 Å². The third-order valence-electron chi connectivity index (χ3n) is 6.18. The smallest absolute Gasteiger partial charge is 0.390 e. The molecule has 1 aliphatic carbocycles. The number of aromatic hydroxyl groups is 1. The van der Waals surface area contributed by atoms with Crippen LogP contribution in [0.4, 0.5) is 13.2 Å². The van der Waals surface area contributed by atoms with Crippen LogP contribution < -0.4 is 15.5 Å². The molecular formula is C23H33F3N4O3S. The number of hydrogen-bond donors (Lipinski definition) is 4. The minimum Gasteiger partial charge on any atom is -0.506 e. The van der Waals surface area contributed by atoms with Gasteiger partial charge in [-0.2, -0.15) is 13.2 Å². The van der Waals surface area contributed by atoms with Gasteiger partial charge in [0.1, 0.15) is 11.3 Å². The normalized spacial score (nSPS) is 15.1. The Kier molecular flexibility index (Phi) is 9.78. The largest absolute Gasteiger partial charge is 0.506 e. The van der Waals surface area contributed by atoms with Gasteiger partial charge in [0.05, 0.1) is 11.1 Å². The first-order valence-electron chi connectivity index (χ1n) is 11.9. The van der Waals surface area contributed by atoms with Gasteiger partial charge in [-0.05, 0) is 37.4 Å². The lowest BCUT2D eigenvalue weighted by atomic mass is 9.94. The lowest BCUT2D eigenvalue weighted by molar-refractivity contribution is -0.134. The van der Waals surface area contributed by atoms with Crippen molar-refractivity contribution >= 4 is 27.5 Å². The molecule has 1 aromatic carbocycles. The highest BCUT2D eigenvalue weighted by molar-refractivity contribution is 7.16. The van der Waals surface area contributed by atoms with Crippen molar-refractivity contribution in [2.24, 2.45) is 0 Å². The monoisotopic (exact) mass is 502 g/mol. The van der Waals surface area contributed by atoms with Gasteiger partial charge >= 0.3 is 11.0 Å². The zero-order valence-electron chi connectivity index (χ0n) is 19.2. The van der Waals surface area contributed by atoms with Crippen molar-refractivity contribution in [3.63, 3.8) is 0 Å². The van der Waals surface area contributed by atoms with Gasteiger partial charge in [-0.3, -0.25) is 9.59 Å². The van der Waals surface area contributed by atoms with Crippen molar-refractivity contribution in [1.82, 2.24) is 20.5 Å². The van der Waals surface area contributed by atoms with Crippen molar-refractivity contribution in [2.75, 3.05) is 32.7 Å². The second-order valence-corrected chi connectivity index (χ2v) is 9.69. The quantitative estimate of drug-likeness (QED) is 0.333. The minimum absolute atomic E-state index is 0.0226. The molecule has 3 rings (SSSR count). The van der Waals surface area contributed by atoms with Crippen LogP contribution in [0.2, 0.25) is 0 Å². The topological polar surface area (TPSA) is 97.5 Å². The number of benzene rings is 1. The number of alkyl halides is 3. The van der Waals surface area contributed by atoms with Crippen molar-refractivity contribution < 1.29 is 23.1 Å². The highest BCUT2D eigenvalue weighted by Gasteiger charge is 2.27. The molecule has 4 N–H and O–H groups in total. The predicted molar refractivity (Wildman–Crippen MR) is 127 cm³/mol. The number of phenolic OH excluding ortho intramolecular Hbond substituents is 1. The summed E-state index contributed by atoms with van der Waals surface area (Å²) in [5.74, 6) is 0.0325. The van der Waals surface area contributed by atoms with Gasteiger partial charge in [0.25, 0.3) is 0 Å². The molecule has 0 spiro atoms. The summed E-state index contributed by atoms with van der Waals surface area (Å²) in [6.07, 6.45) is 1.03. The number of aromatic nitrogens is 1. The SMILES string of the molecule is O=C(CCNCCC(F)(F)F)N(CCNCCc1ccc(O)c2[nH]c(=O)sc12)C1CCCCC1. The maximum atomic E-state index is 12.8. The molecule has 1 fully saturated rings. The van der Waals surface area contributed by atoms with Crippen LogP contribution in [0.3, 0.4) is 0 Å². The number of H-pyrrole nitrogens is 1. The van der Waals surface area contributed by atoms with Crippen LogP contribution in [0, 0.1) is 0 Å². The first-order chi connectivity index (χ1) is 16.2. The summed E-state index contributed by atoms with van der Waals surface area (Å²) in [4.78, 5) is 28.8. The molecule has 34 heavy (non-hydrogen) atoms. The summed E-state index contributed by atoms with van der Waals surface area (Å²) in [7, 11) is 0. The van der Waals surface area contributed by atoms with Crippen molar-refractivity contribution in [1.29, 1.82) is 0 Å². The summed E-state index contributed by atoms with van der Waals surface area (Å²) in [6, 6.07) is 3.58. The number of nitrogens with zero attached hydrogens (tertiary/aromatic N) is 1. The van der Waals surface area contributed by atoms with E-state index in [1.54, 1.807) is 6.07 Å². The maximum absolute atomic E-state index is 12.8. The van der Waals surface area contributed by atoms with E-state index in [2.05, 4.69) is 15.6 Å². The zero-order valence-corrected chi connectivity index (χ0v) is 20.0. The molecule has 2 aromatic rings. The molecule has 190 valence electrons. The fourth-order valence-electron chi connectivity index (χ4n) is 4.42. The Morgan fingerprint density at radius 3 is 2.59 bits per heavy atom. The van der Waals surface area contributed by atoms with Crippen molar-refractivity contribution in [3.8, 4) is 5.75 Å². The number of fused-ring (bicyclic) bond motifs is 1. The molecule has 1 aromatic heterocycles. The molecule has 1 saturated carbocycles. The highest BCUT2D eigenvalue weighted by atomic mass is 32.1. The van der Waals surface area contributed by atoms with Gasteiger partial charge in [0.15, 0.2) is 0 Å². The Morgan fingerprint density at radius 1 is 1.12 bits per heavy atom. The summed E-state index contributed by atoms with van der Waals surface area (Å²) in [5, 5.41) is 16.0. The molecule has 0 atom stereocenters. The fourth-order valence-corrected chi connectivity index (χ4v) is 5.31. The molecule has 0 radical (unpaired) electrons. The van der Waals surface area contributed by atoms with E-state index in [1.165, 1.54) is 6.42 Å². The van der Waals surface area contributed by atoms with Gasteiger partial charge < -0.3 is 25.6 Å². The average molecular weight is 503 g/mol. The molecule has 0 unspecified atom stereocenters. The molecule has 1 amide bonds. The third-order valence-corrected chi connectivity index (χ3v) is 7.13. The number of rotatable bonds is 12. The van der Waals surface area contributed by atoms with Gasteiger partial charge in [-0.25, -0.2) is 0 Å². The predicted octanol–water partition coefficient (Wildman–Crippen LogP) is 3.52. The highest BCUT2D eigenvalue weighted by Crippen LogP contribution is 2.28. The van der Waals surface area contributed by atoms with Crippen LogP contribution in [0.25, 0.3) is 10.2 Å².